The van der Waals surface area contributed by atoms with E-state index in [0.29, 0.717) is 5.69 Å². The molecule has 2 heterocycles. The minimum absolute atomic E-state index is 0.0422. The van der Waals surface area contributed by atoms with Crippen LogP contribution in [0.5, 0.6) is 0 Å². The minimum Gasteiger partial charge on any atom is -0.455 e. The molecule has 0 aliphatic carbocycles. The lowest BCUT2D eigenvalue weighted by Crippen LogP contribution is -2.26. The van der Waals surface area contributed by atoms with Gasteiger partial charge in [-0.15, -0.1) is 0 Å². The number of carbonyl (C=O) groups is 1. The zero-order chi connectivity index (χ0) is 20.6. The van der Waals surface area contributed by atoms with E-state index in [4.69, 9.17) is 9.56 Å². The van der Waals surface area contributed by atoms with Gasteiger partial charge in [-0.25, -0.2) is 22.6 Å². The third-order valence-corrected chi connectivity index (χ3v) is 5.35. The summed E-state index contributed by atoms with van der Waals surface area (Å²) in [5.74, 6) is -1.04. The molecule has 1 unspecified atom stereocenters. The fraction of sp³-hybridized carbons (Fsp3) is 0.222. The van der Waals surface area contributed by atoms with E-state index >= 15 is 0 Å². The Bertz CT molecular complexity index is 1130. The number of primary sulfonamides is 1. The molecule has 0 radical (unpaired) electrons. The van der Waals surface area contributed by atoms with Crippen molar-refractivity contribution in [2.45, 2.75) is 31.7 Å². The Morgan fingerprint density at radius 3 is 2.50 bits per heavy atom. The Labute approximate surface area is 161 Å². The third kappa shape index (κ3) is 3.82. The van der Waals surface area contributed by atoms with Crippen LogP contribution in [0.4, 0.5) is 4.39 Å². The van der Waals surface area contributed by atoms with Gasteiger partial charge in [0.2, 0.25) is 10.0 Å². The topological polar surface area (TPSA) is 120 Å². The standard InChI is InChI=1S/C18H19FN4O4S/c1-10(22-18(24)16-8-17(12(3)27-16)28(20,25)26)15-9-21-23(11(15)2)14-6-4-13(19)5-7-14/h4-10H,1-3H3,(H,22,24)(H2,20,25,26). The van der Waals surface area contributed by atoms with Gasteiger partial charge in [-0.3, -0.25) is 4.79 Å². The summed E-state index contributed by atoms with van der Waals surface area (Å²) in [7, 11) is -3.98. The molecule has 0 fully saturated rings. The van der Waals surface area contributed by atoms with Crippen molar-refractivity contribution in [3.05, 3.63) is 65.1 Å². The number of hydrogen-bond acceptors (Lipinski definition) is 5. The van der Waals surface area contributed by atoms with Crippen LogP contribution in [-0.4, -0.2) is 24.1 Å². The van der Waals surface area contributed by atoms with E-state index in [1.54, 1.807) is 29.9 Å². The van der Waals surface area contributed by atoms with Crippen LogP contribution in [0.15, 0.2) is 45.8 Å². The van der Waals surface area contributed by atoms with Crippen LogP contribution in [0, 0.1) is 19.7 Å². The van der Waals surface area contributed by atoms with Gasteiger partial charge in [-0.1, -0.05) is 0 Å². The van der Waals surface area contributed by atoms with Crippen molar-refractivity contribution in [1.29, 1.82) is 0 Å². The highest BCUT2D eigenvalue weighted by atomic mass is 32.2. The Hall–Kier alpha value is -2.98. The summed E-state index contributed by atoms with van der Waals surface area (Å²) in [4.78, 5) is 12.2. The molecule has 1 amide bonds. The molecule has 10 heteroatoms. The van der Waals surface area contributed by atoms with Gasteiger partial charge >= 0.3 is 0 Å². The van der Waals surface area contributed by atoms with Crippen LogP contribution >= 0.6 is 0 Å². The molecule has 0 aliphatic rings. The number of nitrogens with two attached hydrogens (primary N) is 1. The monoisotopic (exact) mass is 406 g/mol. The number of amides is 1. The first kappa shape index (κ1) is 19.8. The quantitative estimate of drug-likeness (QED) is 0.674. The molecule has 0 saturated heterocycles. The lowest BCUT2D eigenvalue weighted by molar-refractivity contribution is 0.0910. The van der Waals surface area contributed by atoms with Crippen molar-refractivity contribution in [1.82, 2.24) is 15.1 Å². The van der Waals surface area contributed by atoms with Crippen molar-refractivity contribution in [3.63, 3.8) is 0 Å². The summed E-state index contributed by atoms with van der Waals surface area (Å²) in [6, 6.07) is 6.53. The lowest BCUT2D eigenvalue weighted by Gasteiger charge is -2.13. The fourth-order valence-electron chi connectivity index (χ4n) is 2.90. The number of rotatable bonds is 5. The van der Waals surface area contributed by atoms with Gasteiger partial charge in [0, 0.05) is 17.3 Å². The molecule has 3 N–H and O–H groups in total. The maximum absolute atomic E-state index is 13.1. The van der Waals surface area contributed by atoms with Gasteiger partial charge in [-0.05, 0) is 45.0 Å². The lowest BCUT2D eigenvalue weighted by atomic mass is 10.1. The number of benzene rings is 1. The summed E-state index contributed by atoms with van der Waals surface area (Å²) in [5.41, 5.74) is 2.19. The summed E-state index contributed by atoms with van der Waals surface area (Å²) in [6.07, 6.45) is 1.60. The van der Waals surface area contributed by atoms with E-state index in [0.717, 1.165) is 17.3 Å². The van der Waals surface area contributed by atoms with Crippen LogP contribution in [-0.2, 0) is 10.0 Å². The van der Waals surface area contributed by atoms with Crippen molar-refractivity contribution in [3.8, 4) is 5.69 Å². The van der Waals surface area contributed by atoms with Crippen LogP contribution in [0.1, 0.15) is 40.5 Å². The van der Waals surface area contributed by atoms with Crippen molar-refractivity contribution in [2.24, 2.45) is 5.14 Å². The Kier molecular flexibility index (Phi) is 5.09. The van der Waals surface area contributed by atoms with Gasteiger partial charge in [0.25, 0.3) is 5.91 Å². The van der Waals surface area contributed by atoms with E-state index in [-0.39, 0.29) is 22.2 Å². The smallest absolute Gasteiger partial charge is 0.287 e. The third-order valence-electron chi connectivity index (χ3n) is 4.34. The van der Waals surface area contributed by atoms with Gasteiger partial charge in [0.15, 0.2) is 5.76 Å². The molecular formula is C18H19FN4O4S. The molecule has 0 saturated carbocycles. The number of furan rings is 1. The molecule has 148 valence electrons. The second kappa shape index (κ2) is 7.21. The molecule has 2 aromatic heterocycles. The second-order valence-electron chi connectivity index (χ2n) is 6.34. The highest BCUT2D eigenvalue weighted by molar-refractivity contribution is 7.89. The molecule has 1 atom stereocenters. The normalized spacial score (nSPS) is 12.8. The molecule has 28 heavy (non-hydrogen) atoms. The predicted octanol–water partition coefficient (Wildman–Crippen LogP) is 2.36. The number of sulfonamides is 1. The number of carbonyl (C=O) groups excluding carboxylic acids is 1. The van der Waals surface area contributed by atoms with Crippen molar-refractivity contribution in [2.75, 3.05) is 0 Å². The van der Waals surface area contributed by atoms with E-state index in [2.05, 4.69) is 10.4 Å². The molecule has 8 nitrogen and oxygen atoms in total. The maximum Gasteiger partial charge on any atom is 0.287 e. The molecular weight excluding hydrogens is 387 g/mol. The summed E-state index contributed by atoms with van der Waals surface area (Å²) < 4.78 is 43.0. The summed E-state index contributed by atoms with van der Waals surface area (Å²) >= 11 is 0. The summed E-state index contributed by atoms with van der Waals surface area (Å²) in [6.45, 7) is 4.99. The zero-order valence-corrected chi connectivity index (χ0v) is 16.2. The number of halogens is 1. The van der Waals surface area contributed by atoms with E-state index in [1.807, 2.05) is 6.92 Å². The van der Waals surface area contributed by atoms with Crippen LogP contribution in [0.3, 0.4) is 0 Å². The molecule has 1 aromatic carbocycles. The Balaban J connectivity index is 1.81. The zero-order valence-electron chi connectivity index (χ0n) is 15.4. The summed E-state index contributed by atoms with van der Waals surface area (Å²) in [5, 5.41) is 12.1. The van der Waals surface area contributed by atoms with Gasteiger partial charge in [-0.2, -0.15) is 5.10 Å². The molecule has 0 spiro atoms. The van der Waals surface area contributed by atoms with E-state index < -0.39 is 22.0 Å². The van der Waals surface area contributed by atoms with Crippen LogP contribution in [0.2, 0.25) is 0 Å². The number of aryl methyl sites for hydroxylation is 1. The minimum atomic E-state index is -3.98. The van der Waals surface area contributed by atoms with E-state index in [1.165, 1.54) is 19.1 Å². The second-order valence-corrected chi connectivity index (χ2v) is 7.87. The number of aromatic nitrogens is 2. The molecule has 3 aromatic rings. The largest absolute Gasteiger partial charge is 0.455 e. The predicted molar refractivity (Wildman–Crippen MR) is 99.0 cm³/mol. The average molecular weight is 406 g/mol. The number of nitrogens with one attached hydrogen (secondary N) is 1. The first-order chi connectivity index (χ1) is 13.1. The Morgan fingerprint density at radius 1 is 1.29 bits per heavy atom. The van der Waals surface area contributed by atoms with Crippen LogP contribution in [0.25, 0.3) is 5.69 Å². The first-order valence-electron chi connectivity index (χ1n) is 8.32. The van der Waals surface area contributed by atoms with E-state index in [9.17, 15) is 17.6 Å². The fourth-order valence-corrected chi connectivity index (χ4v) is 3.61. The van der Waals surface area contributed by atoms with Gasteiger partial charge in [0.05, 0.1) is 17.9 Å². The Morgan fingerprint density at radius 2 is 1.93 bits per heavy atom. The van der Waals surface area contributed by atoms with Crippen LogP contribution < -0.4 is 10.5 Å². The SMILES string of the molecule is Cc1oc(C(=O)NC(C)c2cnn(-c3ccc(F)cc3)c2C)cc1S(N)(=O)=O. The number of hydrogen-bond donors (Lipinski definition) is 2. The van der Waals surface area contributed by atoms with Gasteiger partial charge < -0.3 is 9.73 Å². The highest BCUT2D eigenvalue weighted by Crippen LogP contribution is 2.22. The highest BCUT2D eigenvalue weighted by Gasteiger charge is 2.23. The first-order valence-corrected chi connectivity index (χ1v) is 9.87. The average Bonchev–Trinajstić information content (AvgIpc) is 3.18. The molecule has 0 aliphatic heterocycles. The maximum atomic E-state index is 13.1. The van der Waals surface area contributed by atoms with Crippen molar-refractivity contribution < 1.29 is 22.0 Å². The molecule has 3 rings (SSSR count). The molecule has 0 bridgehead atoms. The van der Waals surface area contributed by atoms with Gasteiger partial charge in [0.1, 0.15) is 16.5 Å². The number of nitrogens with zero attached hydrogens (tertiary/aromatic N) is 2. The van der Waals surface area contributed by atoms with Crippen molar-refractivity contribution >= 4 is 15.9 Å².